The van der Waals surface area contributed by atoms with Gasteiger partial charge in [0, 0.05) is 10.5 Å². The molecule has 0 heterocycles. The van der Waals surface area contributed by atoms with Gasteiger partial charge >= 0.3 is 5.97 Å². The van der Waals surface area contributed by atoms with E-state index >= 15 is 0 Å². The number of hydrogen-bond donors (Lipinski definition) is 2. The molecular weight excluding hydrogens is 248 g/mol. The van der Waals surface area contributed by atoms with E-state index in [0.29, 0.717) is 10.5 Å². The molecule has 0 aliphatic rings. The van der Waals surface area contributed by atoms with E-state index < -0.39 is 14.0 Å². The maximum absolute atomic E-state index is 11.1. The molecule has 0 amide bonds. The molecule has 0 atom stereocenters. The van der Waals surface area contributed by atoms with Gasteiger partial charge in [-0.05, 0) is 24.6 Å². The summed E-state index contributed by atoms with van der Waals surface area (Å²) in [6.45, 7) is 8.23. The second kappa shape index (κ2) is 4.99. The van der Waals surface area contributed by atoms with Crippen molar-refractivity contribution in [2.75, 3.05) is 0 Å². The monoisotopic (exact) mass is 264 g/mol. The van der Waals surface area contributed by atoms with Gasteiger partial charge in [-0.25, -0.2) is 4.79 Å². The van der Waals surface area contributed by atoms with E-state index in [9.17, 15) is 4.79 Å². The first-order chi connectivity index (χ1) is 7.70. The minimum absolute atomic E-state index is 0.275. The van der Waals surface area contributed by atoms with Crippen molar-refractivity contribution in [1.29, 1.82) is 0 Å². The normalized spacial score (nSPS) is 10.6. The minimum Gasteiger partial charge on any atom is -0.478 e. The highest BCUT2D eigenvalue weighted by Crippen LogP contribution is 2.19. The van der Waals surface area contributed by atoms with Crippen molar-refractivity contribution in [1.82, 2.24) is 0 Å². The molecule has 1 aromatic rings. The molecular formula is C13H16O2SSi. The molecule has 1 N–H and O–H groups in total. The minimum atomic E-state index is -1.46. The fourth-order valence-electron chi connectivity index (χ4n) is 1.31. The Morgan fingerprint density at radius 2 is 1.94 bits per heavy atom. The topological polar surface area (TPSA) is 37.3 Å². The highest BCUT2D eigenvalue weighted by molar-refractivity contribution is 7.80. The van der Waals surface area contributed by atoms with Gasteiger partial charge in [-0.2, -0.15) is 0 Å². The molecule has 4 heteroatoms. The molecule has 1 aromatic carbocycles. The van der Waals surface area contributed by atoms with E-state index in [2.05, 4.69) is 43.7 Å². The number of hydrogen-bond acceptors (Lipinski definition) is 2. The number of benzene rings is 1. The molecule has 1 rings (SSSR count). The average Bonchev–Trinajstić information content (AvgIpc) is 2.17. The molecule has 0 bridgehead atoms. The predicted molar refractivity (Wildman–Crippen MR) is 75.6 cm³/mol. The summed E-state index contributed by atoms with van der Waals surface area (Å²) in [6, 6.07) is 3.37. The van der Waals surface area contributed by atoms with Gasteiger partial charge in [-0.1, -0.05) is 25.6 Å². The van der Waals surface area contributed by atoms with Crippen LogP contribution in [0.5, 0.6) is 0 Å². The maximum atomic E-state index is 11.1. The van der Waals surface area contributed by atoms with Gasteiger partial charge in [0.25, 0.3) is 0 Å². The Morgan fingerprint density at radius 3 is 2.41 bits per heavy atom. The molecule has 0 saturated heterocycles. The molecule has 0 saturated carbocycles. The molecule has 0 radical (unpaired) electrons. The first kappa shape index (κ1) is 13.9. The Kier molecular flexibility index (Phi) is 4.07. The van der Waals surface area contributed by atoms with Crippen LogP contribution in [0, 0.1) is 18.4 Å². The summed E-state index contributed by atoms with van der Waals surface area (Å²) >= 11 is 4.21. The van der Waals surface area contributed by atoms with Crippen LogP contribution in [0.1, 0.15) is 21.5 Å². The van der Waals surface area contributed by atoms with Gasteiger partial charge in [0.1, 0.15) is 8.07 Å². The number of thiol groups is 1. The Balaban J connectivity index is 3.34. The van der Waals surface area contributed by atoms with E-state index in [1.165, 1.54) is 0 Å². The van der Waals surface area contributed by atoms with Gasteiger partial charge in [0.2, 0.25) is 0 Å². The summed E-state index contributed by atoms with van der Waals surface area (Å²) in [5.74, 6) is 2.15. The van der Waals surface area contributed by atoms with Crippen molar-refractivity contribution in [3.63, 3.8) is 0 Å². The van der Waals surface area contributed by atoms with E-state index in [-0.39, 0.29) is 5.56 Å². The number of rotatable bonds is 1. The summed E-state index contributed by atoms with van der Waals surface area (Å²) < 4.78 is 0. The Hall–Kier alpha value is -1.18. The highest BCUT2D eigenvalue weighted by atomic mass is 32.1. The van der Waals surface area contributed by atoms with E-state index in [1.807, 2.05) is 6.07 Å². The van der Waals surface area contributed by atoms with Crippen molar-refractivity contribution in [3.8, 4) is 11.5 Å². The summed E-state index contributed by atoms with van der Waals surface area (Å²) in [7, 11) is -1.46. The highest BCUT2D eigenvalue weighted by Gasteiger charge is 2.12. The smallest absolute Gasteiger partial charge is 0.336 e. The van der Waals surface area contributed by atoms with E-state index in [4.69, 9.17) is 5.11 Å². The largest absolute Gasteiger partial charge is 0.478 e. The zero-order valence-corrected chi connectivity index (χ0v) is 12.4. The van der Waals surface area contributed by atoms with Gasteiger partial charge in [0.15, 0.2) is 0 Å². The van der Waals surface area contributed by atoms with Crippen LogP contribution in [0.25, 0.3) is 0 Å². The van der Waals surface area contributed by atoms with Crippen molar-refractivity contribution in [2.45, 2.75) is 31.5 Å². The molecule has 2 nitrogen and oxygen atoms in total. The van der Waals surface area contributed by atoms with Crippen molar-refractivity contribution >= 4 is 26.7 Å². The van der Waals surface area contributed by atoms with Crippen LogP contribution in [0.4, 0.5) is 0 Å². The second-order valence-electron chi connectivity index (χ2n) is 4.97. The fourth-order valence-corrected chi connectivity index (χ4v) is 2.07. The third kappa shape index (κ3) is 3.95. The van der Waals surface area contributed by atoms with Crippen molar-refractivity contribution in [2.24, 2.45) is 0 Å². The van der Waals surface area contributed by atoms with Gasteiger partial charge in [0.05, 0.1) is 5.56 Å². The Morgan fingerprint density at radius 1 is 1.35 bits per heavy atom. The number of carbonyl (C=O) groups is 1. The van der Waals surface area contributed by atoms with Crippen molar-refractivity contribution in [3.05, 3.63) is 28.8 Å². The van der Waals surface area contributed by atoms with Gasteiger partial charge in [-0.15, -0.1) is 18.2 Å². The second-order valence-corrected chi connectivity index (χ2v) is 10.2. The van der Waals surface area contributed by atoms with Crippen LogP contribution in [0.3, 0.4) is 0 Å². The predicted octanol–water partition coefficient (Wildman–Crippen LogP) is 3.21. The van der Waals surface area contributed by atoms with E-state index in [0.717, 1.165) is 5.56 Å². The summed E-state index contributed by atoms with van der Waals surface area (Å²) in [5.41, 5.74) is 4.98. The first-order valence-corrected chi connectivity index (χ1v) is 9.25. The number of carboxylic acid groups (broad SMARTS) is 1. The molecule has 0 aliphatic carbocycles. The van der Waals surface area contributed by atoms with Crippen LogP contribution in [-0.2, 0) is 0 Å². The average molecular weight is 264 g/mol. The molecule has 17 heavy (non-hydrogen) atoms. The van der Waals surface area contributed by atoms with E-state index in [1.54, 1.807) is 13.0 Å². The Labute approximate surface area is 108 Å². The first-order valence-electron chi connectivity index (χ1n) is 5.31. The lowest BCUT2D eigenvalue weighted by Gasteiger charge is -2.07. The SMILES string of the molecule is Cc1c(C#C[Si](C)(C)C)cc(S)cc1C(=O)O. The molecule has 0 aromatic heterocycles. The lowest BCUT2D eigenvalue weighted by Crippen LogP contribution is -2.16. The molecule has 0 aliphatic heterocycles. The maximum Gasteiger partial charge on any atom is 0.336 e. The quantitative estimate of drug-likeness (QED) is 0.464. The number of aromatic carboxylic acids is 1. The lowest BCUT2D eigenvalue weighted by atomic mass is 10.0. The molecule has 90 valence electrons. The van der Waals surface area contributed by atoms with Crippen LogP contribution < -0.4 is 0 Å². The van der Waals surface area contributed by atoms with Crippen LogP contribution >= 0.6 is 12.6 Å². The lowest BCUT2D eigenvalue weighted by molar-refractivity contribution is 0.0696. The number of carboxylic acids is 1. The zero-order chi connectivity index (χ0) is 13.2. The van der Waals surface area contributed by atoms with Gasteiger partial charge < -0.3 is 5.11 Å². The van der Waals surface area contributed by atoms with Crippen LogP contribution in [0.15, 0.2) is 17.0 Å². The molecule has 0 spiro atoms. The third-order valence-corrected chi connectivity index (χ3v) is 3.33. The summed E-state index contributed by atoms with van der Waals surface area (Å²) in [6.07, 6.45) is 0. The van der Waals surface area contributed by atoms with Crippen LogP contribution in [0.2, 0.25) is 19.6 Å². The molecule has 0 unspecified atom stereocenters. The zero-order valence-electron chi connectivity index (χ0n) is 10.5. The van der Waals surface area contributed by atoms with Crippen molar-refractivity contribution < 1.29 is 9.90 Å². The molecule has 0 fully saturated rings. The summed E-state index contributed by atoms with van der Waals surface area (Å²) in [4.78, 5) is 11.7. The Bertz CT molecular complexity index is 519. The van der Waals surface area contributed by atoms with Crippen LogP contribution in [-0.4, -0.2) is 19.1 Å². The standard InChI is InChI=1S/C13H16O2SSi/c1-9-10(5-6-17(2,3)4)7-11(16)8-12(9)13(14)15/h7-8,16H,1-4H3,(H,14,15). The summed E-state index contributed by atoms with van der Waals surface area (Å²) in [5, 5.41) is 9.07. The van der Waals surface area contributed by atoms with Gasteiger partial charge in [-0.3, -0.25) is 0 Å². The fraction of sp³-hybridized carbons (Fsp3) is 0.308. The third-order valence-electron chi connectivity index (χ3n) is 2.20.